The van der Waals surface area contributed by atoms with E-state index in [9.17, 15) is 0 Å². The second-order valence-electron chi connectivity index (χ2n) is 15.1. The Labute approximate surface area is 242 Å². The van der Waals surface area contributed by atoms with Gasteiger partial charge in [0, 0.05) is 34.3 Å². The van der Waals surface area contributed by atoms with Gasteiger partial charge in [0.15, 0.2) is 0 Å². The Hall–Kier alpha value is -1.75. The maximum Gasteiger partial charge on any atom is 0.137 e. The van der Waals surface area contributed by atoms with Gasteiger partial charge in [-0.3, -0.25) is 4.99 Å². The van der Waals surface area contributed by atoms with Crippen molar-refractivity contribution >= 4 is 18.4 Å². The van der Waals surface area contributed by atoms with Crippen molar-refractivity contribution in [3.05, 3.63) is 24.3 Å². The number of likely N-dealkylation sites (tertiary alicyclic amines) is 1. The van der Waals surface area contributed by atoms with Gasteiger partial charge in [0.25, 0.3) is 0 Å². The van der Waals surface area contributed by atoms with E-state index in [4.69, 9.17) is 16.1 Å². The average molecular weight is 542 g/mol. The van der Waals surface area contributed by atoms with E-state index in [1.807, 2.05) is 19.1 Å². The molecule has 1 atom stereocenters. The number of hydrogen-bond acceptors (Lipinski definition) is 3. The number of aliphatic imine (C=N–C) groups is 2. The van der Waals surface area contributed by atoms with E-state index in [2.05, 4.69) is 99.6 Å². The van der Waals surface area contributed by atoms with E-state index < -0.39 is 0 Å². The molecule has 0 aromatic carbocycles. The third kappa shape index (κ3) is 6.77. The zero-order chi connectivity index (χ0) is 30.5. The van der Waals surface area contributed by atoms with E-state index in [0.29, 0.717) is 6.54 Å². The highest BCUT2D eigenvalue weighted by Gasteiger charge is 2.67. The van der Waals surface area contributed by atoms with Crippen LogP contribution in [0.15, 0.2) is 34.3 Å². The molecule has 0 amide bonds. The number of hydrogen-bond donors (Lipinski definition) is 2. The molecule has 0 aromatic rings. The van der Waals surface area contributed by atoms with E-state index in [-0.39, 0.29) is 38.8 Å². The molecule has 0 aliphatic carbocycles. The van der Waals surface area contributed by atoms with Crippen LogP contribution < -0.4 is 5.73 Å². The Balaban J connectivity index is 4.13. The third-order valence-corrected chi connectivity index (χ3v) is 9.52. The summed E-state index contributed by atoms with van der Waals surface area (Å²) in [6.07, 6.45) is 13.3. The highest BCUT2D eigenvalue weighted by molar-refractivity contribution is 6.04. The molecule has 0 saturated carbocycles. The fourth-order valence-corrected chi connectivity index (χ4v) is 10.4. The van der Waals surface area contributed by atoms with Crippen molar-refractivity contribution in [2.24, 2.45) is 37.4 Å². The first kappa shape index (κ1) is 35.3. The molecule has 0 spiro atoms. The summed E-state index contributed by atoms with van der Waals surface area (Å²) in [5, 5.41) is 7.35. The molecule has 1 heterocycles. The first-order valence-corrected chi connectivity index (χ1v) is 15.2. The molecule has 3 N–H and O–H groups in total. The minimum Gasteiger partial charge on any atom is -0.346 e. The molecular weight excluding hydrogens is 478 g/mol. The zero-order valence-electron chi connectivity index (χ0n) is 28.0. The van der Waals surface area contributed by atoms with E-state index in [1.165, 1.54) is 6.21 Å². The van der Waals surface area contributed by atoms with Crippen LogP contribution in [-0.2, 0) is 0 Å². The summed E-state index contributed by atoms with van der Waals surface area (Å²) in [5.74, 6) is 0.849. The van der Waals surface area contributed by atoms with Gasteiger partial charge in [0.1, 0.15) is 12.2 Å². The highest BCUT2D eigenvalue weighted by atomic mass is 15.3. The molecule has 1 fully saturated rings. The predicted octanol–water partition coefficient (Wildman–Crippen LogP) is 8.84. The third-order valence-electron chi connectivity index (χ3n) is 9.52. The van der Waals surface area contributed by atoms with Gasteiger partial charge >= 0.3 is 0 Å². The molecule has 39 heavy (non-hydrogen) atoms. The fraction of sp³-hybridized carbons (Fsp3) is 0.794. The quantitative estimate of drug-likeness (QED) is 0.156. The van der Waals surface area contributed by atoms with Crippen LogP contribution in [0.25, 0.3) is 0 Å². The van der Waals surface area contributed by atoms with Crippen molar-refractivity contribution in [2.45, 2.75) is 146 Å². The summed E-state index contributed by atoms with van der Waals surface area (Å²) in [5.41, 5.74) is 7.59. The van der Waals surface area contributed by atoms with Crippen LogP contribution in [0.1, 0.15) is 129 Å². The van der Waals surface area contributed by atoms with Crippen LogP contribution >= 0.6 is 0 Å². The lowest BCUT2D eigenvalue weighted by Crippen LogP contribution is -2.72. The number of nitrogens with one attached hydrogen (secondary N) is 1. The minimum atomic E-state index is -0.248. The van der Waals surface area contributed by atoms with Crippen LogP contribution in [0.2, 0.25) is 0 Å². The van der Waals surface area contributed by atoms with Gasteiger partial charge in [0.05, 0.1) is 6.54 Å². The fourth-order valence-electron chi connectivity index (χ4n) is 10.4. The Morgan fingerprint density at radius 2 is 1.51 bits per heavy atom. The molecule has 1 aliphatic rings. The SMILES string of the molecule is C=C(/C=C\C)C(=NC=NCC=N)N1C(C)(C)CC(C)(C)C(C(N)CCC)(C(C)(C)CCC)C(C)(C)CC1(C)C. The average Bonchev–Trinajstić information content (AvgIpc) is 2.73. The Kier molecular flexibility index (Phi) is 11.6. The normalized spacial score (nSPS) is 23.4. The second kappa shape index (κ2) is 12.8. The van der Waals surface area contributed by atoms with Gasteiger partial charge < -0.3 is 16.0 Å². The Morgan fingerprint density at radius 3 is 1.92 bits per heavy atom. The van der Waals surface area contributed by atoms with Crippen molar-refractivity contribution in [2.75, 3.05) is 6.54 Å². The van der Waals surface area contributed by atoms with Gasteiger partial charge in [-0.2, -0.15) is 0 Å². The molecule has 1 saturated heterocycles. The zero-order valence-corrected chi connectivity index (χ0v) is 28.0. The van der Waals surface area contributed by atoms with Crippen molar-refractivity contribution in [3.63, 3.8) is 0 Å². The molecule has 1 aliphatic heterocycles. The minimum absolute atomic E-state index is 0.0442. The first-order chi connectivity index (χ1) is 17.8. The number of rotatable bonds is 11. The van der Waals surface area contributed by atoms with Gasteiger partial charge in [-0.05, 0) is 76.5 Å². The maximum atomic E-state index is 7.44. The van der Waals surface area contributed by atoms with Crippen molar-refractivity contribution < 1.29 is 0 Å². The second-order valence-corrected chi connectivity index (χ2v) is 15.1. The standard InChI is InChI=1S/C34H63N5/c1-15-18-26(4)28(38-25-37-22-21-35)39-32(11,12)23-30(7,8)34(27(36)19-16-2,29(5,6)20-17-3)31(9,10)24-33(39,13)14/h15,18,21,25,27,35H,4,16-17,19-20,22-24,36H2,1-3,5-14H3/b18-15-,35-21?,37-25?,38-28?. The topological polar surface area (TPSA) is 77.8 Å². The molecule has 0 aromatic heterocycles. The number of nitrogens with two attached hydrogens (primary N) is 1. The summed E-state index contributed by atoms with van der Waals surface area (Å²) >= 11 is 0. The lowest BCUT2D eigenvalue weighted by Gasteiger charge is -2.71. The number of amidine groups is 1. The molecule has 5 nitrogen and oxygen atoms in total. The smallest absolute Gasteiger partial charge is 0.137 e. The number of allylic oxidation sites excluding steroid dienone is 1. The monoisotopic (exact) mass is 542 g/mol. The summed E-state index contributed by atoms with van der Waals surface area (Å²) in [7, 11) is 0. The largest absolute Gasteiger partial charge is 0.346 e. The maximum absolute atomic E-state index is 7.44. The van der Waals surface area contributed by atoms with Crippen LogP contribution in [0.4, 0.5) is 0 Å². The molecular formula is C34H63N5. The van der Waals surface area contributed by atoms with E-state index in [1.54, 1.807) is 6.34 Å². The van der Waals surface area contributed by atoms with Crippen LogP contribution in [0.3, 0.4) is 0 Å². The van der Waals surface area contributed by atoms with Gasteiger partial charge in [-0.1, -0.05) is 87.0 Å². The summed E-state index contributed by atoms with van der Waals surface area (Å²) < 4.78 is 0. The summed E-state index contributed by atoms with van der Waals surface area (Å²) in [6.45, 7) is 35.8. The first-order valence-electron chi connectivity index (χ1n) is 15.2. The van der Waals surface area contributed by atoms with Crippen LogP contribution in [0.5, 0.6) is 0 Å². The van der Waals surface area contributed by atoms with Crippen LogP contribution in [0, 0.1) is 27.1 Å². The molecule has 1 rings (SSSR count). The van der Waals surface area contributed by atoms with Crippen LogP contribution in [-0.4, -0.2) is 47.0 Å². The molecule has 0 bridgehead atoms. The highest BCUT2D eigenvalue weighted by Crippen LogP contribution is 2.70. The number of nitrogens with zero attached hydrogens (tertiary/aromatic N) is 3. The summed E-state index contributed by atoms with van der Waals surface area (Å²) in [6, 6.07) is 0.0894. The molecule has 0 radical (unpaired) electrons. The van der Waals surface area contributed by atoms with E-state index >= 15 is 0 Å². The molecule has 1 unspecified atom stereocenters. The lowest BCUT2D eigenvalue weighted by molar-refractivity contribution is -0.206. The van der Waals surface area contributed by atoms with Gasteiger partial charge in [0.2, 0.25) is 0 Å². The summed E-state index contributed by atoms with van der Waals surface area (Å²) in [4.78, 5) is 11.7. The van der Waals surface area contributed by atoms with Gasteiger partial charge in [-0.15, -0.1) is 0 Å². The Bertz CT molecular complexity index is 899. The Morgan fingerprint density at radius 1 is 1.00 bits per heavy atom. The van der Waals surface area contributed by atoms with Crippen molar-refractivity contribution in [1.29, 1.82) is 5.41 Å². The van der Waals surface area contributed by atoms with Crippen molar-refractivity contribution in [1.82, 2.24) is 4.90 Å². The molecule has 224 valence electrons. The molecule has 5 heteroatoms. The van der Waals surface area contributed by atoms with Gasteiger partial charge in [-0.25, -0.2) is 4.99 Å². The van der Waals surface area contributed by atoms with E-state index in [0.717, 1.165) is 49.9 Å². The lowest BCUT2D eigenvalue weighted by atomic mass is 9.36. The predicted molar refractivity (Wildman–Crippen MR) is 174 cm³/mol. The van der Waals surface area contributed by atoms with Crippen molar-refractivity contribution in [3.8, 4) is 0 Å².